The van der Waals surface area contributed by atoms with Gasteiger partial charge in [-0.05, 0) is 37.7 Å². The van der Waals surface area contributed by atoms with E-state index in [2.05, 4.69) is 43.0 Å². The molecule has 0 aliphatic rings. The maximum absolute atomic E-state index is 13.1. The Kier molecular flexibility index (Phi) is 6.71. The zero-order valence-electron chi connectivity index (χ0n) is 16.3. The lowest BCUT2D eigenvalue weighted by atomic mass is 10.1. The Morgan fingerprint density at radius 1 is 1.15 bits per heavy atom. The maximum Gasteiger partial charge on any atom is 0.264 e. The highest BCUT2D eigenvalue weighted by molar-refractivity contribution is 5.95. The maximum atomic E-state index is 13.1. The number of rotatable bonds is 8. The molecule has 0 bridgehead atoms. The van der Waals surface area contributed by atoms with Gasteiger partial charge in [-0.2, -0.15) is 10.2 Å². The largest absolute Gasteiger partial charge is 0.339 e. The summed E-state index contributed by atoms with van der Waals surface area (Å²) in [6, 6.07) is 2.98. The first kappa shape index (κ1) is 19.9. The van der Waals surface area contributed by atoms with Crippen molar-refractivity contribution >= 4 is 5.91 Å². The van der Waals surface area contributed by atoms with Gasteiger partial charge in [0.15, 0.2) is 5.82 Å². The van der Waals surface area contributed by atoms with Crippen molar-refractivity contribution in [3.8, 4) is 5.82 Å². The van der Waals surface area contributed by atoms with Gasteiger partial charge in [-0.25, -0.2) is 9.78 Å². The second kappa shape index (κ2) is 8.78. The molecule has 142 valence electrons. The van der Waals surface area contributed by atoms with Gasteiger partial charge in [-0.1, -0.05) is 27.7 Å². The number of carbonyl (C=O) groups excluding carboxylic acids is 1. The minimum atomic E-state index is -0.275. The summed E-state index contributed by atoms with van der Waals surface area (Å²) >= 11 is 0. The number of nitrogens with zero attached hydrogens (tertiary/aromatic N) is 4. The molecule has 0 saturated carbocycles. The Balaban J connectivity index is 2.24. The molecule has 26 heavy (non-hydrogen) atoms. The Morgan fingerprint density at radius 2 is 1.77 bits per heavy atom. The number of nitrogens with one attached hydrogen (secondary N) is 1. The lowest BCUT2D eigenvalue weighted by molar-refractivity contribution is 0.0740. The number of aromatic nitrogens is 4. The molecule has 7 heteroatoms. The molecule has 2 aromatic heterocycles. The van der Waals surface area contributed by atoms with Crippen molar-refractivity contribution in [2.24, 2.45) is 11.8 Å². The molecule has 0 radical (unpaired) electrons. The normalized spacial score (nSPS) is 11.3. The van der Waals surface area contributed by atoms with E-state index in [1.165, 1.54) is 6.07 Å². The first-order valence-corrected chi connectivity index (χ1v) is 9.19. The summed E-state index contributed by atoms with van der Waals surface area (Å²) < 4.78 is 1.58. The monoisotopic (exact) mass is 359 g/mol. The zero-order chi connectivity index (χ0) is 19.3. The number of hydrogen-bond donors (Lipinski definition) is 1. The number of amides is 1. The molecule has 0 aliphatic carbocycles. The van der Waals surface area contributed by atoms with Crippen molar-refractivity contribution in [2.75, 3.05) is 13.1 Å². The van der Waals surface area contributed by atoms with E-state index in [1.807, 2.05) is 11.8 Å². The van der Waals surface area contributed by atoms with Crippen LogP contribution in [0.1, 0.15) is 56.6 Å². The van der Waals surface area contributed by atoms with E-state index in [4.69, 9.17) is 0 Å². The van der Waals surface area contributed by atoms with Gasteiger partial charge in [-0.15, -0.1) is 0 Å². The van der Waals surface area contributed by atoms with Crippen LogP contribution in [-0.2, 0) is 0 Å². The van der Waals surface area contributed by atoms with Crippen molar-refractivity contribution in [1.29, 1.82) is 0 Å². The van der Waals surface area contributed by atoms with E-state index >= 15 is 0 Å². The van der Waals surface area contributed by atoms with Crippen LogP contribution >= 0.6 is 0 Å². The second-order valence-electron chi connectivity index (χ2n) is 7.49. The Bertz CT molecular complexity index is 759. The molecule has 0 spiro atoms. The number of hydrogen-bond acceptors (Lipinski definition) is 4. The lowest BCUT2D eigenvalue weighted by Gasteiger charge is -2.24. The highest BCUT2D eigenvalue weighted by Crippen LogP contribution is 2.16. The summed E-state index contributed by atoms with van der Waals surface area (Å²) in [6.07, 6.45) is 3.53. The summed E-state index contributed by atoms with van der Waals surface area (Å²) in [5.41, 5.74) is 1.02. The molecule has 0 unspecified atom stereocenters. The van der Waals surface area contributed by atoms with Crippen LogP contribution in [0, 0.1) is 18.8 Å². The Hall–Kier alpha value is -2.44. The summed E-state index contributed by atoms with van der Waals surface area (Å²) in [5.74, 6) is 1.56. The highest BCUT2D eigenvalue weighted by Gasteiger charge is 2.22. The fourth-order valence-corrected chi connectivity index (χ4v) is 2.62. The topological polar surface area (TPSA) is 83.9 Å². The van der Waals surface area contributed by atoms with E-state index in [0.29, 0.717) is 28.9 Å². The molecule has 0 aromatic carbocycles. The predicted molar refractivity (Wildman–Crippen MR) is 102 cm³/mol. The van der Waals surface area contributed by atoms with E-state index in [1.54, 1.807) is 16.9 Å². The van der Waals surface area contributed by atoms with Crippen molar-refractivity contribution in [1.82, 2.24) is 24.9 Å². The third-order valence-electron chi connectivity index (χ3n) is 4.36. The molecule has 1 amide bonds. The second-order valence-corrected chi connectivity index (χ2v) is 7.49. The highest BCUT2D eigenvalue weighted by atomic mass is 16.2. The third-order valence-corrected chi connectivity index (χ3v) is 4.36. The van der Waals surface area contributed by atoms with Gasteiger partial charge in [0.25, 0.3) is 11.5 Å². The van der Waals surface area contributed by atoms with Crippen molar-refractivity contribution in [2.45, 2.75) is 47.5 Å². The smallest absolute Gasteiger partial charge is 0.264 e. The fraction of sp³-hybridized carbons (Fsp3) is 0.579. The molecule has 2 rings (SSSR count). The first-order chi connectivity index (χ1) is 12.3. The van der Waals surface area contributed by atoms with Crippen LogP contribution in [0.3, 0.4) is 0 Å². The molecule has 0 saturated heterocycles. The van der Waals surface area contributed by atoms with Crippen LogP contribution in [0.15, 0.2) is 23.1 Å². The average molecular weight is 359 g/mol. The lowest BCUT2D eigenvalue weighted by Crippen LogP contribution is -2.34. The minimum Gasteiger partial charge on any atom is -0.339 e. The van der Waals surface area contributed by atoms with Gasteiger partial charge in [0.2, 0.25) is 0 Å². The van der Waals surface area contributed by atoms with Gasteiger partial charge in [-0.3, -0.25) is 9.59 Å². The number of H-pyrrole nitrogens is 1. The van der Waals surface area contributed by atoms with Gasteiger partial charge in [0.05, 0.1) is 17.5 Å². The minimum absolute atomic E-state index is 0.000486. The molecule has 0 aliphatic heterocycles. The molecule has 7 nitrogen and oxygen atoms in total. The Morgan fingerprint density at radius 3 is 2.27 bits per heavy atom. The quantitative estimate of drug-likeness (QED) is 0.785. The van der Waals surface area contributed by atoms with E-state index in [-0.39, 0.29) is 11.5 Å². The van der Waals surface area contributed by atoms with Crippen LogP contribution in [0.25, 0.3) is 5.82 Å². The molecular weight excluding hydrogens is 330 g/mol. The van der Waals surface area contributed by atoms with Gasteiger partial charge < -0.3 is 4.90 Å². The van der Waals surface area contributed by atoms with Crippen LogP contribution in [0.5, 0.6) is 0 Å². The fourth-order valence-electron chi connectivity index (χ4n) is 2.62. The van der Waals surface area contributed by atoms with Crippen LogP contribution in [0.4, 0.5) is 0 Å². The molecule has 0 atom stereocenters. The van der Waals surface area contributed by atoms with Crippen molar-refractivity contribution < 1.29 is 4.79 Å². The molecule has 1 N–H and O–H groups in total. The van der Waals surface area contributed by atoms with E-state index in [0.717, 1.165) is 25.9 Å². The van der Waals surface area contributed by atoms with E-state index < -0.39 is 0 Å². The van der Waals surface area contributed by atoms with Crippen molar-refractivity contribution in [3.63, 3.8) is 0 Å². The molecule has 0 fully saturated rings. The van der Waals surface area contributed by atoms with Gasteiger partial charge >= 0.3 is 0 Å². The summed E-state index contributed by atoms with van der Waals surface area (Å²) in [7, 11) is 0. The standard InChI is InChI=1S/C19H29N5O2/c1-13(2)8-10-23(11-9-14(3)4)19(26)16-12-20-24(15(16)5)17-6-7-18(25)22-21-17/h6-7,12-14H,8-11H2,1-5H3,(H,22,25). The molecule has 2 heterocycles. The number of aromatic amines is 1. The molecule has 2 aromatic rings. The predicted octanol–water partition coefficient (Wildman–Crippen LogP) is 2.80. The summed E-state index contributed by atoms with van der Waals surface area (Å²) in [6.45, 7) is 12.0. The SMILES string of the molecule is Cc1c(C(=O)N(CCC(C)C)CCC(C)C)cnn1-c1ccc(=O)[nH]n1. The van der Waals surface area contributed by atoms with Crippen LogP contribution in [-0.4, -0.2) is 43.9 Å². The molecular formula is C19H29N5O2. The first-order valence-electron chi connectivity index (χ1n) is 9.19. The van der Waals surface area contributed by atoms with Gasteiger partial charge in [0.1, 0.15) is 0 Å². The average Bonchev–Trinajstić information content (AvgIpc) is 2.96. The Labute approximate surface area is 154 Å². The summed E-state index contributed by atoms with van der Waals surface area (Å²) in [5, 5.41) is 10.7. The number of carbonyl (C=O) groups is 1. The van der Waals surface area contributed by atoms with Crippen molar-refractivity contribution in [3.05, 3.63) is 39.9 Å². The van der Waals surface area contributed by atoms with Crippen LogP contribution < -0.4 is 5.56 Å². The summed E-state index contributed by atoms with van der Waals surface area (Å²) in [4.78, 5) is 26.2. The van der Waals surface area contributed by atoms with E-state index in [9.17, 15) is 9.59 Å². The van der Waals surface area contributed by atoms with Gasteiger partial charge in [0, 0.05) is 19.2 Å². The zero-order valence-corrected chi connectivity index (χ0v) is 16.3. The third kappa shape index (κ3) is 5.03. The van der Waals surface area contributed by atoms with Crippen LogP contribution in [0.2, 0.25) is 0 Å².